The molecule has 0 bridgehead atoms. The van der Waals surface area contributed by atoms with Crippen molar-refractivity contribution in [1.82, 2.24) is 14.5 Å². The lowest BCUT2D eigenvalue weighted by Crippen LogP contribution is -2.56. The van der Waals surface area contributed by atoms with Crippen molar-refractivity contribution in [3.63, 3.8) is 0 Å². The van der Waals surface area contributed by atoms with Gasteiger partial charge in [0.2, 0.25) is 20.9 Å². The van der Waals surface area contributed by atoms with Gasteiger partial charge in [-0.25, -0.2) is 13.4 Å². The van der Waals surface area contributed by atoms with Crippen LogP contribution in [-0.4, -0.2) is 47.1 Å². The van der Waals surface area contributed by atoms with Crippen LogP contribution in [0.5, 0.6) is 0 Å². The van der Waals surface area contributed by atoms with Crippen LogP contribution in [-0.2, 0) is 21.7 Å². The van der Waals surface area contributed by atoms with Gasteiger partial charge in [0.1, 0.15) is 5.25 Å². The van der Waals surface area contributed by atoms with Crippen LogP contribution in [0.15, 0.2) is 54.0 Å². The standard InChI is InChI=1S/C16H17N3O3S/c1-18-10-9-17-16(18)23(21,22)14-11-19(12-14)15(20)8-7-13-5-3-2-4-6-13/h2-10,14H,11-12H2,1H3. The zero-order valence-corrected chi connectivity index (χ0v) is 13.5. The highest BCUT2D eigenvalue weighted by atomic mass is 32.2. The van der Waals surface area contributed by atoms with Crippen LogP contribution >= 0.6 is 0 Å². The van der Waals surface area contributed by atoms with Crippen LogP contribution in [0.25, 0.3) is 6.08 Å². The summed E-state index contributed by atoms with van der Waals surface area (Å²) < 4.78 is 26.3. The van der Waals surface area contributed by atoms with Gasteiger partial charge in [-0.3, -0.25) is 4.79 Å². The first-order valence-corrected chi connectivity index (χ1v) is 8.76. The Kier molecular flexibility index (Phi) is 4.04. The average Bonchev–Trinajstić information content (AvgIpc) is 2.91. The second kappa shape index (κ2) is 6.00. The Morgan fingerprint density at radius 3 is 2.57 bits per heavy atom. The van der Waals surface area contributed by atoms with Gasteiger partial charge in [-0.15, -0.1) is 0 Å². The van der Waals surface area contributed by atoms with Crippen LogP contribution in [0, 0.1) is 0 Å². The van der Waals surface area contributed by atoms with E-state index >= 15 is 0 Å². The van der Waals surface area contributed by atoms with Crippen molar-refractivity contribution < 1.29 is 13.2 Å². The third-order valence-corrected chi connectivity index (χ3v) is 5.93. The highest BCUT2D eigenvalue weighted by molar-refractivity contribution is 7.92. The summed E-state index contributed by atoms with van der Waals surface area (Å²) >= 11 is 0. The number of aromatic nitrogens is 2. The highest BCUT2D eigenvalue weighted by Gasteiger charge is 2.41. The van der Waals surface area contributed by atoms with Crippen LogP contribution in [0.4, 0.5) is 0 Å². The molecule has 0 N–H and O–H groups in total. The Labute approximate surface area is 135 Å². The van der Waals surface area contributed by atoms with Crippen LogP contribution in [0.1, 0.15) is 5.56 Å². The number of aryl methyl sites for hydroxylation is 1. The monoisotopic (exact) mass is 331 g/mol. The molecule has 1 aliphatic heterocycles. The summed E-state index contributed by atoms with van der Waals surface area (Å²) in [6, 6.07) is 9.48. The molecule has 120 valence electrons. The van der Waals surface area contributed by atoms with Gasteiger partial charge in [0.05, 0.1) is 0 Å². The Morgan fingerprint density at radius 2 is 1.96 bits per heavy atom. The lowest BCUT2D eigenvalue weighted by atomic mass is 10.2. The zero-order valence-electron chi connectivity index (χ0n) is 12.7. The Morgan fingerprint density at radius 1 is 1.26 bits per heavy atom. The fraction of sp³-hybridized carbons (Fsp3) is 0.250. The van der Waals surface area contributed by atoms with Gasteiger partial charge in [-0.05, 0) is 11.6 Å². The molecule has 6 nitrogen and oxygen atoms in total. The van der Waals surface area contributed by atoms with E-state index in [1.807, 2.05) is 30.3 Å². The highest BCUT2D eigenvalue weighted by Crippen LogP contribution is 2.22. The predicted molar refractivity (Wildman–Crippen MR) is 86.2 cm³/mol. The number of benzene rings is 1. The van der Waals surface area contributed by atoms with E-state index in [0.717, 1.165) is 5.56 Å². The predicted octanol–water partition coefficient (Wildman–Crippen LogP) is 1.12. The number of imidazole rings is 1. The van der Waals surface area contributed by atoms with Crippen molar-refractivity contribution in [2.24, 2.45) is 7.05 Å². The molecule has 2 heterocycles. The molecule has 2 aromatic rings. The van der Waals surface area contributed by atoms with Crippen molar-refractivity contribution in [3.8, 4) is 0 Å². The lowest BCUT2D eigenvalue weighted by molar-refractivity contribution is -0.128. The third kappa shape index (κ3) is 3.05. The van der Waals surface area contributed by atoms with Crippen molar-refractivity contribution in [3.05, 3.63) is 54.4 Å². The molecule has 0 unspecified atom stereocenters. The topological polar surface area (TPSA) is 72.3 Å². The van der Waals surface area contributed by atoms with E-state index in [0.29, 0.717) is 0 Å². The zero-order chi connectivity index (χ0) is 16.4. The molecule has 0 aliphatic carbocycles. The van der Waals surface area contributed by atoms with Crippen LogP contribution < -0.4 is 0 Å². The second-order valence-corrected chi connectivity index (χ2v) is 7.60. The molecular weight excluding hydrogens is 314 g/mol. The number of hydrogen-bond donors (Lipinski definition) is 0. The molecule has 1 amide bonds. The van der Waals surface area contributed by atoms with Gasteiger partial charge in [0.15, 0.2) is 0 Å². The summed E-state index contributed by atoms with van der Waals surface area (Å²) in [5.74, 6) is -0.180. The van der Waals surface area contributed by atoms with Crippen molar-refractivity contribution in [2.75, 3.05) is 13.1 Å². The van der Waals surface area contributed by atoms with Gasteiger partial charge in [0, 0.05) is 38.6 Å². The van der Waals surface area contributed by atoms with Crippen LogP contribution in [0.2, 0.25) is 0 Å². The SMILES string of the molecule is Cn1ccnc1S(=O)(=O)C1CN(C(=O)C=Cc2ccccc2)C1. The lowest BCUT2D eigenvalue weighted by Gasteiger charge is -2.37. The fourth-order valence-electron chi connectivity index (χ4n) is 2.43. The maximum absolute atomic E-state index is 12.4. The molecule has 1 aromatic heterocycles. The van der Waals surface area contributed by atoms with E-state index in [-0.39, 0.29) is 24.2 Å². The van der Waals surface area contributed by atoms with Gasteiger partial charge in [-0.2, -0.15) is 0 Å². The molecule has 23 heavy (non-hydrogen) atoms. The van der Waals surface area contributed by atoms with Gasteiger partial charge >= 0.3 is 0 Å². The van der Waals surface area contributed by atoms with E-state index in [2.05, 4.69) is 4.98 Å². The molecule has 0 saturated carbocycles. The summed E-state index contributed by atoms with van der Waals surface area (Å²) in [6.45, 7) is 0.403. The molecule has 1 aromatic carbocycles. The number of sulfone groups is 1. The summed E-state index contributed by atoms with van der Waals surface area (Å²) in [5, 5.41) is -0.535. The molecule has 0 spiro atoms. The van der Waals surface area contributed by atoms with Crippen molar-refractivity contribution in [1.29, 1.82) is 0 Å². The van der Waals surface area contributed by atoms with Crippen molar-refractivity contribution >= 4 is 21.8 Å². The summed E-state index contributed by atoms with van der Waals surface area (Å²) in [7, 11) is -1.85. The van der Waals surface area contributed by atoms with E-state index in [4.69, 9.17) is 0 Å². The second-order valence-electron chi connectivity index (χ2n) is 5.47. The number of amides is 1. The molecule has 3 rings (SSSR count). The van der Waals surface area contributed by atoms with Gasteiger partial charge < -0.3 is 9.47 Å². The number of nitrogens with zero attached hydrogens (tertiary/aromatic N) is 3. The molecule has 1 fully saturated rings. The van der Waals surface area contributed by atoms with E-state index < -0.39 is 15.1 Å². The molecular formula is C16H17N3O3S. The number of hydrogen-bond acceptors (Lipinski definition) is 4. The smallest absolute Gasteiger partial charge is 0.246 e. The number of carbonyl (C=O) groups is 1. The van der Waals surface area contributed by atoms with Gasteiger partial charge in [-0.1, -0.05) is 30.3 Å². The molecule has 0 atom stereocenters. The minimum atomic E-state index is -3.49. The minimum absolute atomic E-state index is 0.0504. The van der Waals surface area contributed by atoms with E-state index in [1.165, 1.54) is 21.7 Å². The number of carbonyl (C=O) groups excluding carboxylic acids is 1. The minimum Gasteiger partial charge on any atom is -0.336 e. The Hall–Kier alpha value is -2.41. The van der Waals surface area contributed by atoms with Crippen molar-refractivity contribution in [2.45, 2.75) is 10.4 Å². The molecule has 1 aliphatic rings. The first-order chi connectivity index (χ1) is 11.0. The first kappa shape index (κ1) is 15.5. The molecule has 7 heteroatoms. The normalized spacial score (nSPS) is 15.8. The maximum atomic E-state index is 12.4. The van der Waals surface area contributed by atoms with Crippen LogP contribution in [0.3, 0.4) is 0 Å². The third-order valence-electron chi connectivity index (χ3n) is 3.85. The first-order valence-electron chi connectivity index (χ1n) is 7.22. The molecule has 1 saturated heterocycles. The summed E-state index contributed by atoms with van der Waals surface area (Å²) in [4.78, 5) is 17.5. The Balaban J connectivity index is 1.62. The van der Waals surface area contributed by atoms with Gasteiger partial charge in [0.25, 0.3) is 0 Å². The number of rotatable bonds is 4. The quantitative estimate of drug-likeness (QED) is 0.787. The summed E-state index contributed by atoms with van der Waals surface area (Å²) in [5.41, 5.74) is 0.929. The average molecular weight is 331 g/mol. The number of likely N-dealkylation sites (tertiary alicyclic amines) is 1. The fourth-order valence-corrected chi connectivity index (χ4v) is 4.15. The summed E-state index contributed by atoms with van der Waals surface area (Å²) in [6.07, 6.45) is 6.25. The largest absolute Gasteiger partial charge is 0.336 e. The van der Waals surface area contributed by atoms with E-state index in [9.17, 15) is 13.2 Å². The molecule has 0 radical (unpaired) electrons. The maximum Gasteiger partial charge on any atom is 0.246 e. The Bertz CT molecular complexity index is 834. The van der Waals surface area contributed by atoms with E-state index in [1.54, 1.807) is 19.3 Å².